The second kappa shape index (κ2) is 5.27. The minimum Gasteiger partial charge on any atom is -0.506 e. The first kappa shape index (κ1) is 14.3. The number of aromatic nitrogens is 1. The van der Waals surface area contributed by atoms with Crippen LogP contribution in [0.25, 0.3) is 22.4 Å². The molecule has 1 N–H and O–H groups in total. The van der Waals surface area contributed by atoms with Crippen LogP contribution in [0.1, 0.15) is 5.69 Å². The molecule has 0 bridgehead atoms. The molecule has 6 heteroatoms. The summed E-state index contributed by atoms with van der Waals surface area (Å²) in [6, 6.07) is 8.06. The number of fused-ring (bicyclic) bond motifs is 1. The number of rotatable bonds is 1. The third-order valence-electron chi connectivity index (χ3n) is 3.06. The highest BCUT2D eigenvalue weighted by molar-refractivity contribution is 9.11. The van der Waals surface area contributed by atoms with E-state index in [1.807, 2.05) is 6.07 Å². The number of nitrogens with zero attached hydrogens (tertiary/aromatic N) is 1. The molecule has 0 unspecified atom stereocenters. The second-order valence-electron chi connectivity index (χ2n) is 4.54. The van der Waals surface area contributed by atoms with Crippen LogP contribution in [0.3, 0.4) is 0 Å². The Kier molecular flexibility index (Phi) is 3.59. The van der Waals surface area contributed by atoms with Gasteiger partial charge in [-0.2, -0.15) is 0 Å². The van der Waals surface area contributed by atoms with Crippen molar-refractivity contribution in [2.24, 2.45) is 0 Å². The van der Waals surface area contributed by atoms with Crippen molar-refractivity contribution >= 4 is 42.8 Å². The van der Waals surface area contributed by atoms with Crippen LogP contribution in [-0.4, -0.2) is 10.1 Å². The van der Waals surface area contributed by atoms with Crippen molar-refractivity contribution in [3.8, 4) is 17.2 Å². The topological polar surface area (TPSA) is 63.3 Å². The molecule has 4 nitrogen and oxygen atoms in total. The standard InChI is InChI=1S/C15H9Br2NO3/c1-7-12(19)3-2-11(18-7)14-6-13(20)9-4-8(16)5-10(17)15(9)21-14/h2-6,19H,1H3. The fourth-order valence-electron chi connectivity index (χ4n) is 2.00. The Morgan fingerprint density at radius 2 is 1.95 bits per heavy atom. The number of halogens is 2. The van der Waals surface area contributed by atoms with Crippen LogP contribution in [0.2, 0.25) is 0 Å². The Balaban J connectivity index is 2.30. The monoisotopic (exact) mass is 409 g/mol. The summed E-state index contributed by atoms with van der Waals surface area (Å²) in [4.78, 5) is 16.5. The van der Waals surface area contributed by atoms with Gasteiger partial charge in [-0.25, -0.2) is 4.98 Å². The molecule has 0 aliphatic rings. The van der Waals surface area contributed by atoms with E-state index in [0.29, 0.717) is 32.6 Å². The van der Waals surface area contributed by atoms with Crippen molar-refractivity contribution in [2.75, 3.05) is 0 Å². The number of aromatic hydroxyl groups is 1. The summed E-state index contributed by atoms with van der Waals surface area (Å²) in [5.41, 5.74) is 1.29. The van der Waals surface area contributed by atoms with Gasteiger partial charge in [-0.1, -0.05) is 15.9 Å². The first-order chi connectivity index (χ1) is 9.95. The summed E-state index contributed by atoms with van der Waals surface area (Å²) < 4.78 is 7.27. The number of pyridine rings is 1. The third kappa shape index (κ3) is 2.61. The van der Waals surface area contributed by atoms with Crippen molar-refractivity contribution in [3.05, 3.63) is 55.2 Å². The quantitative estimate of drug-likeness (QED) is 0.645. The van der Waals surface area contributed by atoms with Gasteiger partial charge in [0.1, 0.15) is 11.4 Å². The van der Waals surface area contributed by atoms with E-state index >= 15 is 0 Å². The van der Waals surface area contributed by atoms with Crippen LogP contribution in [-0.2, 0) is 0 Å². The van der Waals surface area contributed by atoms with Crippen LogP contribution in [0.15, 0.2) is 48.5 Å². The molecule has 106 valence electrons. The van der Waals surface area contributed by atoms with Crippen molar-refractivity contribution in [3.63, 3.8) is 0 Å². The highest BCUT2D eigenvalue weighted by Crippen LogP contribution is 2.30. The van der Waals surface area contributed by atoms with Gasteiger partial charge < -0.3 is 9.52 Å². The highest BCUT2D eigenvalue weighted by atomic mass is 79.9. The van der Waals surface area contributed by atoms with Crippen LogP contribution >= 0.6 is 31.9 Å². The van der Waals surface area contributed by atoms with E-state index in [1.165, 1.54) is 12.1 Å². The molecule has 0 radical (unpaired) electrons. The Hall–Kier alpha value is -1.66. The first-order valence-corrected chi connectivity index (χ1v) is 7.64. The van der Waals surface area contributed by atoms with E-state index in [2.05, 4.69) is 36.8 Å². The Labute approximate surface area is 136 Å². The number of hydrogen-bond acceptors (Lipinski definition) is 4. The molecular formula is C15H9Br2NO3. The fraction of sp³-hybridized carbons (Fsp3) is 0.0667. The third-order valence-corrected chi connectivity index (χ3v) is 4.11. The van der Waals surface area contributed by atoms with Gasteiger partial charge in [0.15, 0.2) is 16.8 Å². The molecule has 0 fully saturated rings. The fourth-order valence-corrected chi connectivity index (χ4v) is 3.31. The van der Waals surface area contributed by atoms with Gasteiger partial charge >= 0.3 is 0 Å². The van der Waals surface area contributed by atoms with Crippen molar-refractivity contribution in [2.45, 2.75) is 6.92 Å². The second-order valence-corrected chi connectivity index (χ2v) is 6.31. The number of hydrogen-bond donors (Lipinski definition) is 1. The lowest BCUT2D eigenvalue weighted by Crippen LogP contribution is -2.01. The molecule has 0 saturated heterocycles. The van der Waals surface area contributed by atoms with Crippen LogP contribution < -0.4 is 5.43 Å². The van der Waals surface area contributed by atoms with E-state index in [9.17, 15) is 9.90 Å². The summed E-state index contributed by atoms with van der Waals surface area (Å²) in [6.45, 7) is 1.69. The lowest BCUT2D eigenvalue weighted by atomic mass is 10.2. The van der Waals surface area contributed by atoms with Gasteiger partial charge in [-0.3, -0.25) is 4.79 Å². The number of aryl methyl sites for hydroxylation is 1. The molecule has 3 aromatic rings. The minimum absolute atomic E-state index is 0.104. The summed E-state index contributed by atoms with van der Waals surface area (Å²) in [6.07, 6.45) is 0. The van der Waals surface area contributed by atoms with Crippen LogP contribution in [0.5, 0.6) is 5.75 Å². The maximum Gasteiger partial charge on any atom is 0.193 e. The zero-order chi connectivity index (χ0) is 15.1. The molecule has 0 saturated carbocycles. The predicted molar refractivity (Wildman–Crippen MR) is 87.5 cm³/mol. The van der Waals surface area contributed by atoms with Crippen molar-refractivity contribution < 1.29 is 9.52 Å². The molecular weight excluding hydrogens is 402 g/mol. The summed E-state index contributed by atoms with van der Waals surface area (Å²) in [7, 11) is 0. The largest absolute Gasteiger partial charge is 0.506 e. The van der Waals surface area contributed by atoms with E-state index in [1.54, 1.807) is 19.1 Å². The van der Waals surface area contributed by atoms with E-state index in [0.717, 1.165) is 4.47 Å². The molecule has 1 aromatic carbocycles. The van der Waals surface area contributed by atoms with Gasteiger partial charge in [-0.05, 0) is 47.1 Å². The zero-order valence-electron chi connectivity index (χ0n) is 10.9. The molecule has 0 aliphatic heterocycles. The molecule has 2 heterocycles. The maximum atomic E-state index is 12.3. The summed E-state index contributed by atoms with van der Waals surface area (Å²) in [5.74, 6) is 0.464. The lowest BCUT2D eigenvalue weighted by molar-refractivity contribution is 0.467. The Morgan fingerprint density at radius 3 is 2.67 bits per heavy atom. The minimum atomic E-state index is -0.152. The average Bonchev–Trinajstić information content (AvgIpc) is 2.43. The SMILES string of the molecule is Cc1nc(-c2cc(=O)c3cc(Br)cc(Br)c3o2)ccc1O. The normalized spacial score (nSPS) is 11.0. The molecule has 0 spiro atoms. The summed E-state index contributed by atoms with van der Waals surface area (Å²) in [5, 5.41) is 10.0. The van der Waals surface area contributed by atoms with Gasteiger partial charge in [0.2, 0.25) is 0 Å². The Bertz CT molecular complexity index is 919. The van der Waals surface area contributed by atoms with E-state index in [4.69, 9.17) is 4.42 Å². The van der Waals surface area contributed by atoms with Gasteiger partial charge in [0.05, 0.1) is 15.6 Å². The molecule has 21 heavy (non-hydrogen) atoms. The lowest BCUT2D eigenvalue weighted by Gasteiger charge is -2.06. The summed E-state index contributed by atoms with van der Waals surface area (Å²) >= 11 is 6.74. The van der Waals surface area contributed by atoms with E-state index < -0.39 is 0 Å². The molecule has 0 atom stereocenters. The zero-order valence-corrected chi connectivity index (χ0v) is 14.0. The molecule has 2 aromatic heterocycles. The molecule has 3 rings (SSSR count). The van der Waals surface area contributed by atoms with Gasteiger partial charge in [0.25, 0.3) is 0 Å². The van der Waals surface area contributed by atoms with Crippen molar-refractivity contribution in [1.29, 1.82) is 0 Å². The van der Waals surface area contributed by atoms with E-state index in [-0.39, 0.29) is 11.2 Å². The van der Waals surface area contributed by atoms with Gasteiger partial charge in [0, 0.05) is 10.5 Å². The van der Waals surface area contributed by atoms with Gasteiger partial charge in [-0.15, -0.1) is 0 Å². The maximum absolute atomic E-state index is 12.3. The smallest absolute Gasteiger partial charge is 0.193 e. The number of benzene rings is 1. The predicted octanol–water partition coefficient (Wildman–Crippen LogP) is 4.39. The van der Waals surface area contributed by atoms with Crippen LogP contribution in [0.4, 0.5) is 0 Å². The molecule has 0 aliphatic carbocycles. The van der Waals surface area contributed by atoms with Crippen molar-refractivity contribution in [1.82, 2.24) is 4.98 Å². The Morgan fingerprint density at radius 1 is 1.19 bits per heavy atom. The molecule has 0 amide bonds. The van der Waals surface area contributed by atoms with Crippen LogP contribution in [0, 0.1) is 6.92 Å². The first-order valence-electron chi connectivity index (χ1n) is 6.05. The average molecular weight is 411 g/mol. The highest BCUT2D eigenvalue weighted by Gasteiger charge is 2.12.